The van der Waals surface area contributed by atoms with Gasteiger partial charge in [-0.15, -0.1) is 10.2 Å². The Labute approximate surface area is 166 Å². The van der Waals surface area contributed by atoms with Crippen molar-refractivity contribution in [1.29, 1.82) is 0 Å². The predicted octanol–water partition coefficient (Wildman–Crippen LogP) is 3.27. The number of nitrogens with zero attached hydrogens (tertiary/aromatic N) is 4. The monoisotopic (exact) mass is 411 g/mol. The largest absolute Gasteiger partial charge is 0.276 e. The molecule has 0 aliphatic carbocycles. The molecule has 0 saturated heterocycles. The van der Waals surface area contributed by atoms with Crippen LogP contribution in [0.25, 0.3) is 11.0 Å². The van der Waals surface area contributed by atoms with Gasteiger partial charge in [0, 0.05) is 10.6 Å². The molecule has 7 nitrogen and oxygen atoms in total. The first-order valence-corrected chi connectivity index (χ1v) is 10.1. The van der Waals surface area contributed by atoms with E-state index in [0.29, 0.717) is 21.6 Å². The molecule has 0 fully saturated rings. The zero-order valence-corrected chi connectivity index (χ0v) is 16.0. The van der Waals surface area contributed by atoms with Gasteiger partial charge in [-0.05, 0) is 48.5 Å². The van der Waals surface area contributed by atoms with Crippen molar-refractivity contribution >= 4 is 38.5 Å². The first-order valence-electron chi connectivity index (χ1n) is 8.26. The fraction of sp³-hybridized carbons (Fsp3) is 0. The highest BCUT2D eigenvalue weighted by Gasteiger charge is 2.16. The Morgan fingerprint density at radius 1 is 0.929 bits per heavy atom. The van der Waals surface area contributed by atoms with Crippen LogP contribution in [0.3, 0.4) is 0 Å². The number of para-hydroxylation sites is 1. The van der Waals surface area contributed by atoms with E-state index in [9.17, 15) is 8.42 Å². The summed E-state index contributed by atoms with van der Waals surface area (Å²) in [5.74, 6) is 0.268. The fourth-order valence-electron chi connectivity index (χ4n) is 2.61. The Bertz CT molecular complexity index is 1250. The minimum Gasteiger partial charge on any atom is -0.200 e. The van der Waals surface area contributed by atoms with Crippen LogP contribution in [0.2, 0.25) is 5.02 Å². The lowest BCUT2D eigenvalue weighted by atomic mass is 10.2. The number of rotatable bonds is 4. The van der Waals surface area contributed by atoms with E-state index in [1.807, 2.05) is 24.3 Å². The molecule has 0 bridgehead atoms. The highest BCUT2D eigenvalue weighted by atomic mass is 35.5. The number of hydrazone groups is 1. The number of hydrogen-bond donors (Lipinski definition) is 1. The van der Waals surface area contributed by atoms with E-state index >= 15 is 0 Å². The Hall–Kier alpha value is -3.23. The number of hydrogen-bond acceptors (Lipinski definition) is 5. The van der Waals surface area contributed by atoms with E-state index < -0.39 is 10.0 Å². The summed E-state index contributed by atoms with van der Waals surface area (Å²) in [5.41, 5.74) is 1.97. The summed E-state index contributed by atoms with van der Waals surface area (Å²) in [6, 6.07) is 22.2. The van der Waals surface area contributed by atoms with E-state index in [1.165, 1.54) is 16.8 Å². The van der Waals surface area contributed by atoms with Crippen LogP contribution in [-0.4, -0.2) is 29.2 Å². The van der Waals surface area contributed by atoms with Gasteiger partial charge >= 0.3 is 0 Å². The number of nitrogens with one attached hydrogen (secondary N) is 1. The van der Waals surface area contributed by atoms with E-state index in [1.54, 1.807) is 42.5 Å². The molecule has 1 heterocycles. The summed E-state index contributed by atoms with van der Waals surface area (Å²) in [6.45, 7) is 0. The van der Waals surface area contributed by atoms with Crippen molar-refractivity contribution in [2.24, 2.45) is 5.10 Å². The SMILES string of the molecule is O=S(=O)(N/N=C(/c1ccc(Cl)cc1)n1nnc2ccccc21)c1ccccc1. The summed E-state index contributed by atoms with van der Waals surface area (Å²) in [4.78, 5) is 2.39. The Kier molecular flexibility index (Phi) is 4.81. The number of fused-ring (bicyclic) bond motifs is 1. The smallest absolute Gasteiger partial charge is 0.200 e. The molecule has 4 rings (SSSR count). The summed E-state index contributed by atoms with van der Waals surface area (Å²) in [7, 11) is -3.84. The standard InChI is InChI=1S/C19H14ClN5O2S/c20-15-12-10-14(11-13-15)19(25-18-9-5-4-8-17(18)21-23-25)22-24-28(26,27)16-6-2-1-3-7-16/h1-13,24H/b22-19-. The highest BCUT2D eigenvalue weighted by molar-refractivity contribution is 7.89. The van der Waals surface area contributed by atoms with Crippen LogP contribution >= 0.6 is 11.6 Å². The molecule has 0 atom stereocenters. The van der Waals surface area contributed by atoms with Crippen LogP contribution < -0.4 is 4.83 Å². The van der Waals surface area contributed by atoms with Crippen molar-refractivity contribution in [3.63, 3.8) is 0 Å². The molecule has 1 N–H and O–H groups in total. The third kappa shape index (κ3) is 3.60. The molecule has 9 heteroatoms. The van der Waals surface area contributed by atoms with Gasteiger partial charge < -0.3 is 0 Å². The maximum Gasteiger partial charge on any atom is 0.276 e. The number of aromatic nitrogens is 3. The van der Waals surface area contributed by atoms with Crippen LogP contribution in [0, 0.1) is 0 Å². The third-order valence-corrected chi connectivity index (χ3v) is 5.46. The molecule has 0 amide bonds. The minimum absolute atomic E-state index is 0.109. The average molecular weight is 412 g/mol. The zero-order valence-electron chi connectivity index (χ0n) is 14.4. The van der Waals surface area contributed by atoms with Gasteiger partial charge in [0.15, 0.2) is 5.84 Å². The second kappa shape index (κ2) is 7.41. The fourth-order valence-corrected chi connectivity index (χ4v) is 3.57. The predicted molar refractivity (Wildman–Crippen MR) is 108 cm³/mol. The van der Waals surface area contributed by atoms with Gasteiger partial charge in [0.1, 0.15) is 5.52 Å². The van der Waals surface area contributed by atoms with Gasteiger partial charge in [-0.1, -0.05) is 47.1 Å². The molecule has 0 radical (unpaired) electrons. The Balaban J connectivity index is 1.82. The molecule has 0 unspecified atom stereocenters. The van der Waals surface area contributed by atoms with Crippen molar-refractivity contribution in [1.82, 2.24) is 19.8 Å². The Morgan fingerprint density at radius 3 is 2.36 bits per heavy atom. The average Bonchev–Trinajstić information content (AvgIpc) is 3.14. The van der Waals surface area contributed by atoms with Crippen molar-refractivity contribution < 1.29 is 8.42 Å². The molecular formula is C19H14ClN5O2S. The first kappa shape index (κ1) is 18.1. The normalized spacial score (nSPS) is 12.2. The van der Waals surface area contributed by atoms with Crippen LogP contribution in [-0.2, 0) is 10.0 Å². The quantitative estimate of drug-likeness (QED) is 0.317. The van der Waals surface area contributed by atoms with E-state index in [2.05, 4.69) is 20.2 Å². The molecule has 0 aliphatic rings. The maximum atomic E-state index is 12.6. The first-order chi connectivity index (χ1) is 13.5. The van der Waals surface area contributed by atoms with E-state index in [0.717, 1.165) is 0 Å². The van der Waals surface area contributed by atoms with Gasteiger partial charge in [-0.3, -0.25) is 0 Å². The summed E-state index contributed by atoms with van der Waals surface area (Å²) >= 11 is 5.98. The molecule has 28 heavy (non-hydrogen) atoms. The van der Waals surface area contributed by atoms with Crippen LogP contribution in [0.1, 0.15) is 5.56 Å². The topological polar surface area (TPSA) is 89.2 Å². The third-order valence-electron chi connectivity index (χ3n) is 3.98. The van der Waals surface area contributed by atoms with Crippen LogP contribution in [0.15, 0.2) is 88.9 Å². The lowest BCUT2D eigenvalue weighted by molar-refractivity contribution is 0.584. The second-order valence-corrected chi connectivity index (χ2v) is 7.94. The van der Waals surface area contributed by atoms with Crippen molar-refractivity contribution in [2.45, 2.75) is 4.90 Å². The van der Waals surface area contributed by atoms with Crippen LogP contribution in [0.5, 0.6) is 0 Å². The van der Waals surface area contributed by atoms with Gasteiger partial charge in [0.05, 0.1) is 10.4 Å². The molecule has 3 aromatic carbocycles. The number of halogens is 1. The van der Waals surface area contributed by atoms with Gasteiger partial charge in [-0.25, -0.2) is 0 Å². The Morgan fingerprint density at radius 2 is 1.61 bits per heavy atom. The molecule has 0 spiro atoms. The van der Waals surface area contributed by atoms with E-state index in [-0.39, 0.29) is 10.7 Å². The summed E-state index contributed by atoms with van der Waals surface area (Å²) < 4.78 is 26.6. The molecule has 0 saturated carbocycles. The molecule has 140 valence electrons. The number of sulfonamides is 1. The summed E-state index contributed by atoms with van der Waals surface area (Å²) in [6.07, 6.45) is 0. The second-order valence-electron chi connectivity index (χ2n) is 5.84. The van der Waals surface area contributed by atoms with Crippen molar-refractivity contribution in [2.75, 3.05) is 0 Å². The van der Waals surface area contributed by atoms with Crippen molar-refractivity contribution in [3.05, 3.63) is 89.4 Å². The van der Waals surface area contributed by atoms with Gasteiger partial charge in [0.2, 0.25) is 0 Å². The van der Waals surface area contributed by atoms with Crippen LogP contribution in [0.4, 0.5) is 0 Å². The molecule has 0 aliphatic heterocycles. The molecule has 1 aromatic heterocycles. The van der Waals surface area contributed by atoms with Gasteiger partial charge in [-0.2, -0.15) is 17.9 Å². The minimum atomic E-state index is -3.84. The maximum absolute atomic E-state index is 12.6. The van der Waals surface area contributed by atoms with Gasteiger partial charge in [0.25, 0.3) is 10.0 Å². The van der Waals surface area contributed by atoms with E-state index in [4.69, 9.17) is 11.6 Å². The molecule has 4 aromatic rings. The number of benzene rings is 3. The molecular weight excluding hydrogens is 398 g/mol. The summed E-state index contributed by atoms with van der Waals surface area (Å²) in [5, 5.41) is 13.0. The van der Waals surface area contributed by atoms with Crippen molar-refractivity contribution in [3.8, 4) is 0 Å². The zero-order chi connectivity index (χ0) is 19.6. The lowest BCUT2D eigenvalue weighted by Gasteiger charge is -2.09. The highest BCUT2D eigenvalue weighted by Crippen LogP contribution is 2.16. The lowest BCUT2D eigenvalue weighted by Crippen LogP contribution is -2.24.